The second kappa shape index (κ2) is 4.97. The van der Waals surface area contributed by atoms with Gasteiger partial charge in [0.2, 0.25) is 0 Å². The zero-order valence-electron chi connectivity index (χ0n) is 9.46. The normalized spacial score (nSPS) is 15.2. The average molecular weight is 249 g/mol. The van der Waals surface area contributed by atoms with Gasteiger partial charge in [0.25, 0.3) is 11.8 Å². The number of carboxylic acid groups (broad SMARTS) is 1. The maximum absolute atomic E-state index is 11.3. The van der Waals surface area contributed by atoms with E-state index >= 15 is 0 Å². The molecule has 0 saturated carbocycles. The summed E-state index contributed by atoms with van der Waals surface area (Å²) in [5.41, 5.74) is 0.508. The molecule has 0 radical (unpaired) electrons. The van der Waals surface area contributed by atoms with E-state index in [1.54, 1.807) is 18.2 Å². The molecule has 1 aliphatic heterocycles. The van der Waals surface area contributed by atoms with Crippen molar-refractivity contribution in [1.29, 1.82) is 0 Å². The largest absolute Gasteiger partial charge is 0.478 e. The van der Waals surface area contributed by atoms with Gasteiger partial charge in [0, 0.05) is 12.8 Å². The Bertz CT molecular complexity index is 495. The first kappa shape index (κ1) is 12.3. The van der Waals surface area contributed by atoms with Crippen LogP contribution in [0.2, 0.25) is 0 Å². The van der Waals surface area contributed by atoms with Gasteiger partial charge in [-0.2, -0.15) is 5.06 Å². The highest BCUT2D eigenvalue weighted by molar-refractivity contribution is 6.00. The fourth-order valence-electron chi connectivity index (χ4n) is 1.69. The van der Waals surface area contributed by atoms with E-state index in [9.17, 15) is 14.4 Å². The predicted octanol–water partition coefficient (Wildman–Crippen LogP) is 0.965. The summed E-state index contributed by atoms with van der Waals surface area (Å²) >= 11 is 0. The van der Waals surface area contributed by atoms with Gasteiger partial charge >= 0.3 is 5.97 Å². The Labute approximate surface area is 103 Å². The van der Waals surface area contributed by atoms with Crippen LogP contribution >= 0.6 is 0 Å². The van der Waals surface area contributed by atoms with Gasteiger partial charge in [-0.1, -0.05) is 18.2 Å². The van der Waals surface area contributed by atoms with Crippen LogP contribution in [0.1, 0.15) is 28.8 Å². The van der Waals surface area contributed by atoms with Crippen molar-refractivity contribution in [2.45, 2.75) is 19.4 Å². The number of hydroxylamine groups is 2. The summed E-state index contributed by atoms with van der Waals surface area (Å²) in [5.74, 6) is -1.87. The number of benzene rings is 1. The van der Waals surface area contributed by atoms with Crippen molar-refractivity contribution in [3.8, 4) is 0 Å². The van der Waals surface area contributed by atoms with E-state index in [-0.39, 0.29) is 25.0 Å². The standard InChI is InChI=1S/C12H11NO5/c14-10-5-6-11(15)13(10)18-7-8-3-1-2-4-9(8)12(16)17/h1-4H,5-7H2,(H,16,17). The van der Waals surface area contributed by atoms with Crippen molar-refractivity contribution in [2.75, 3.05) is 0 Å². The van der Waals surface area contributed by atoms with Gasteiger partial charge < -0.3 is 5.11 Å². The first-order valence-electron chi connectivity index (χ1n) is 5.39. The van der Waals surface area contributed by atoms with Crippen molar-refractivity contribution in [2.24, 2.45) is 0 Å². The summed E-state index contributed by atoms with van der Waals surface area (Å²) in [4.78, 5) is 38.6. The van der Waals surface area contributed by atoms with E-state index in [1.807, 2.05) is 0 Å². The molecular formula is C12H11NO5. The summed E-state index contributed by atoms with van der Waals surface area (Å²) in [6.07, 6.45) is 0.277. The Hall–Kier alpha value is -2.21. The number of rotatable bonds is 4. The van der Waals surface area contributed by atoms with Gasteiger partial charge in [-0.05, 0) is 11.6 Å². The Morgan fingerprint density at radius 3 is 2.44 bits per heavy atom. The lowest BCUT2D eigenvalue weighted by atomic mass is 10.1. The van der Waals surface area contributed by atoms with Crippen LogP contribution in [-0.2, 0) is 21.0 Å². The summed E-state index contributed by atoms with van der Waals surface area (Å²) in [7, 11) is 0. The molecule has 94 valence electrons. The number of hydrogen-bond donors (Lipinski definition) is 1. The van der Waals surface area contributed by atoms with Gasteiger partial charge in [-0.3, -0.25) is 14.4 Å². The van der Waals surface area contributed by atoms with E-state index in [0.717, 1.165) is 0 Å². The summed E-state index contributed by atoms with van der Waals surface area (Å²) in [5, 5.41) is 9.67. The van der Waals surface area contributed by atoms with Crippen molar-refractivity contribution >= 4 is 17.8 Å². The van der Waals surface area contributed by atoms with Crippen LogP contribution in [0.3, 0.4) is 0 Å². The van der Waals surface area contributed by atoms with Gasteiger partial charge in [0.05, 0.1) is 5.56 Å². The molecule has 0 atom stereocenters. The highest BCUT2D eigenvalue weighted by atomic mass is 16.7. The molecule has 2 rings (SSSR count). The molecule has 0 aliphatic carbocycles. The third-order valence-corrected chi connectivity index (χ3v) is 2.60. The summed E-state index contributed by atoms with van der Waals surface area (Å²) in [6, 6.07) is 6.28. The average Bonchev–Trinajstić information content (AvgIpc) is 2.67. The Kier molecular flexibility index (Phi) is 3.38. The first-order chi connectivity index (χ1) is 8.59. The number of amides is 2. The van der Waals surface area contributed by atoms with Gasteiger partial charge in [0.15, 0.2) is 0 Å². The van der Waals surface area contributed by atoms with E-state index in [2.05, 4.69) is 0 Å². The molecule has 1 N–H and O–H groups in total. The van der Waals surface area contributed by atoms with Crippen molar-refractivity contribution in [3.63, 3.8) is 0 Å². The molecule has 1 aliphatic rings. The summed E-state index contributed by atoms with van der Waals surface area (Å²) in [6.45, 7) is -0.125. The first-order valence-corrected chi connectivity index (χ1v) is 5.39. The number of aromatic carboxylic acids is 1. The van der Waals surface area contributed by atoms with Crippen LogP contribution in [0.25, 0.3) is 0 Å². The zero-order chi connectivity index (χ0) is 13.1. The van der Waals surface area contributed by atoms with Gasteiger partial charge in [-0.15, -0.1) is 0 Å². The molecule has 6 nitrogen and oxygen atoms in total. The monoisotopic (exact) mass is 249 g/mol. The minimum absolute atomic E-state index is 0.0941. The van der Waals surface area contributed by atoms with Crippen LogP contribution in [0.15, 0.2) is 24.3 Å². The second-order valence-corrected chi connectivity index (χ2v) is 3.82. The van der Waals surface area contributed by atoms with Crippen molar-refractivity contribution in [1.82, 2.24) is 5.06 Å². The molecule has 1 aromatic carbocycles. The lowest BCUT2D eigenvalue weighted by molar-refractivity contribution is -0.191. The third-order valence-electron chi connectivity index (χ3n) is 2.60. The van der Waals surface area contributed by atoms with Crippen molar-refractivity contribution in [3.05, 3.63) is 35.4 Å². The van der Waals surface area contributed by atoms with Crippen LogP contribution in [-0.4, -0.2) is 28.0 Å². The Balaban J connectivity index is 2.09. The molecule has 0 bridgehead atoms. The molecule has 2 amide bonds. The number of carboxylic acids is 1. The number of nitrogens with zero attached hydrogens (tertiary/aromatic N) is 1. The number of carbonyl (C=O) groups excluding carboxylic acids is 2. The minimum Gasteiger partial charge on any atom is -0.478 e. The molecular weight excluding hydrogens is 238 g/mol. The molecule has 0 unspecified atom stereocenters. The lowest BCUT2D eigenvalue weighted by Crippen LogP contribution is -2.29. The molecule has 1 aromatic rings. The fraction of sp³-hybridized carbons (Fsp3) is 0.250. The predicted molar refractivity (Wildman–Crippen MR) is 59.3 cm³/mol. The maximum atomic E-state index is 11.3. The van der Waals surface area contributed by atoms with Crippen LogP contribution in [0.4, 0.5) is 0 Å². The highest BCUT2D eigenvalue weighted by Crippen LogP contribution is 2.16. The quantitative estimate of drug-likeness (QED) is 0.803. The van der Waals surface area contributed by atoms with Crippen LogP contribution < -0.4 is 0 Å². The van der Waals surface area contributed by atoms with Crippen molar-refractivity contribution < 1.29 is 24.3 Å². The molecule has 1 fully saturated rings. The van der Waals surface area contributed by atoms with E-state index in [1.165, 1.54) is 6.07 Å². The molecule has 0 spiro atoms. The molecule has 6 heteroatoms. The van der Waals surface area contributed by atoms with Crippen LogP contribution in [0, 0.1) is 0 Å². The number of imide groups is 1. The fourth-order valence-corrected chi connectivity index (χ4v) is 1.69. The minimum atomic E-state index is -1.08. The maximum Gasteiger partial charge on any atom is 0.336 e. The highest BCUT2D eigenvalue weighted by Gasteiger charge is 2.30. The molecule has 0 aromatic heterocycles. The van der Waals surface area contributed by atoms with Crippen LogP contribution in [0.5, 0.6) is 0 Å². The Morgan fingerprint density at radius 1 is 1.22 bits per heavy atom. The van der Waals surface area contributed by atoms with E-state index in [4.69, 9.17) is 9.94 Å². The van der Waals surface area contributed by atoms with E-state index in [0.29, 0.717) is 10.6 Å². The Morgan fingerprint density at radius 2 is 1.83 bits per heavy atom. The molecule has 1 saturated heterocycles. The molecule has 18 heavy (non-hydrogen) atoms. The number of carbonyl (C=O) groups is 3. The topological polar surface area (TPSA) is 83.9 Å². The second-order valence-electron chi connectivity index (χ2n) is 3.82. The van der Waals surface area contributed by atoms with E-state index < -0.39 is 17.8 Å². The third kappa shape index (κ3) is 2.38. The van der Waals surface area contributed by atoms with Gasteiger partial charge in [-0.25, -0.2) is 4.79 Å². The zero-order valence-corrected chi connectivity index (χ0v) is 9.46. The smallest absolute Gasteiger partial charge is 0.336 e. The number of hydrogen-bond acceptors (Lipinski definition) is 4. The lowest BCUT2D eigenvalue weighted by Gasteiger charge is -2.14. The summed E-state index contributed by atoms with van der Waals surface area (Å²) < 4.78 is 0. The van der Waals surface area contributed by atoms with Gasteiger partial charge in [0.1, 0.15) is 6.61 Å². The SMILES string of the molecule is O=C(O)c1ccccc1CON1C(=O)CCC1=O. The molecule has 1 heterocycles.